The number of nitrogens with zero attached hydrogens (tertiary/aromatic N) is 2. The van der Waals surface area contributed by atoms with E-state index < -0.39 is 40.1 Å². The topological polar surface area (TPSA) is 142 Å². The number of carbonyl (C=O) groups excluding carboxylic acids is 2. The second-order valence-electron chi connectivity index (χ2n) is 10.7. The van der Waals surface area contributed by atoms with Crippen LogP contribution in [0, 0.1) is 5.41 Å². The van der Waals surface area contributed by atoms with Gasteiger partial charge in [-0.15, -0.1) is 0 Å². The van der Waals surface area contributed by atoms with E-state index in [1.807, 2.05) is 0 Å². The molecule has 2 bridgehead atoms. The SMILES string of the molecule is COC(=O)N1c2c(ccc(OC)c2O)[C@@]23CCN4C[C@@H]5O[C@@H]5C5(CCC12[C@](O)(C(=O)OC)[C@@H]5O)[C@H]43. The van der Waals surface area contributed by atoms with Crippen LogP contribution in [0.4, 0.5) is 10.5 Å². The van der Waals surface area contributed by atoms with Crippen LogP contribution in [-0.2, 0) is 24.4 Å². The first-order valence-corrected chi connectivity index (χ1v) is 11.9. The van der Waals surface area contributed by atoms with Gasteiger partial charge in [-0.1, -0.05) is 6.07 Å². The zero-order valence-electron chi connectivity index (χ0n) is 19.7. The fourth-order valence-corrected chi connectivity index (χ4v) is 9.22. The van der Waals surface area contributed by atoms with Crippen LogP contribution in [0.2, 0.25) is 0 Å². The Morgan fingerprint density at radius 3 is 2.60 bits per heavy atom. The monoisotopic (exact) mass is 488 g/mol. The lowest BCUT2D eigenvalue weighted by molar-refractivity contribution is -0.279. The maximum atomic E-state index is 13.6. The molecule has 8 atom stereocenters. The predicted molar refractivity (Wildman–Crippen MR) is 117 cm³/mol. The van der Waals surface area contributed by atoms with E-state index in [2.05, 4.69) is 4.90 Å². The summed E-state index contributed by atoms with van der Waals surface area (Å²) in [6, 6.07) is 3.08. The van der Waals surface area contributed by atoms with Gasteiger partial charge in [0.1, 0.15) is 11.6 Å². The minimum absolute atomic E-state index is 0.0922. The minimum Gasteiger partial charge on any atom is -0.503 e. The molecule has 1 amide bonds. The largest absolute Gasteiger partial charge is 0.503 e. The lowest BCUT2D eigenvalue weighted by Gasteiger charge is -2.72. The number of amides is 1. The Bertz CT molecular complexity index is 1190. The first-order valence-electron chi connectivity index (χ1n) is 11.9. The first kappa shape index (κ1) is 21.7. The average Bonchev–Trinajstić information content (AvgIpc) is 3.48. The number of piperidine rings is 1. The number of fused-ring (bicyclic) bond motifs is 4. The molecule has 188 valence electrons. The second-order valence-corrected chi connectivity index (χ2v) is 10.7. The van der Waals surface area contributed by atoms with Gasteiger partial charge in [-0.2, -0.15) is 0 Å². The number of carbonyl (C=O) groups is 2. The van der Waals surface area contributed by atoms with Gasteiger partial charge in [0.15, 0.2) is 11.5 Å². The molecule has 0 aromatic heterocycles. The van der Waals surface area contributed by atoms with Crippen molar-refractivity contribution < 1.29 is 43.9 Å². The number of aliphatic hydroxyl groups excluding tert-OH is 1. The third-order valence-corrected chi connectivity index (χ3v) is 10.1. The average molecular weight is 488 g/mol. The summed E-state index contributed by atoms with van der Waals surface area (Å²) in [4.78, 5) is 30.6. The normalized spacial score (nSPS) is 45.8. The molecule has 11 nitrogen and oxygen atoms in total. The van der Waals surface area contributed by atoms with Crippen LogP contribution in [0.3, 0.4) is 0 Å². The highest BCUT2D eigenvalue weighted by molar-refractivity contribution is 6.01. The van der Waals surface area contributed by atoms with Crippen molar-refractivity contribution in [1.82, 2.24) is 4.90 Å². The number of aromatic hydroxyl groups is 1. The van der Waals surface area contributed by atoms with E-state index in [4.69, 9.17) is 18.9 Å². The summed E-state index contributed by atoms with van der Waals surface area (Å²) in [6.07, 6.45) is -1.76. The van der Waals surface area contributed by atoms with Gasteiger partial charge in [0.05, 0.1) is 39.2 Å². The molecule has 8 rings (SSSR count). The maximum Gasteiger partial charge on any atom is 0.414 e. The van der Waals surface area contributed by atoms with E-state index >= 15 is 0 Å². The van der Waals surface area contributed by atoms with Gasteiger partial charge in [0.2, 0.25) is 5.60 Å². The molecule has 6 fully saturated rings. The second kappa shape index (κ2) is 6.20. The summed E-state index contributed by atoms with van der Waals surface area (Å²) < 4.78 is 21.7. The molecule has 3 aliphatic carbocycles. The molecule has 1 aromatic carbocycles. The fraction of sp³-hybridized carbons (Fsp3) is 0.667. The number of anilines is 1. The molecule has 4 heterocycles. The summed E-state index contributed by atoms with van der Waals surface area (Å²) in [6.45, 7) is 1.28. The molecule has 4 aliphatic heterocycles. The highest BCUT2D eigenvalue weighted by atomic mass is 16.6. The van der Waals surface area contributed by atoms with Gasteiger partial charge in [0, 0.05) is 23.4 Å². The summed E-state index contributed by atoms with van der Waals surface area (Å²) in [5.41, 5.74) is -5.39. The highest BCUT2D eigenvalue weighted by Crippen LogP contribution is 2.79. The van der Waals surface area contributed by atoms with Crippen molar-refractivity contribution in [3.8, 4) is 11.5 Å². The number of ether oxygens (including phenoxy) is 4. The zero-order chi connectivity index (χ0) is 24.7. The van der Waals surface area contributed by atoms with Gasteiger partial charge in [0.25, 0.3) is 0 Å². The summed E-state index contributed by atoms with van der Waals surface area (Å²) in [5, 5.41) is 35.8. The van der Waals surface area contributed by atoms with Crippen LogP contribution >= 0.6 is 0 Å². The van der Waals surface area contributed by atoms with E-state index in [1.165, 1.54) is 19.1 Å². The third-order valence-electron chi connectivity index (χ3n) is 10.1. The van der Waals surface area contributed by atoms with Crippen LogP contribution in [0.15, 0.2) is 12.1 Å². The standard InChI is InChI=1S/C24H28N2O9/c1-32-12-5-4-11-14(15(12)27)26(20(30)34-3)23-7-6-21(18(28)24(23,31)19(29)33-2)16-13(35-16)10-25-9-8-22(11,23)17(21)25/h4-5,13,16-18,27-28,31H,6-10H2,1-3H3/t13-,16-,17-,18+,21?,22+,23?,24+/m0/s1. The highest BCUT2D eigenvalue weighted by Gasteiger charge is 2.93. The molecular weight excluding hydrogens is 460 g/mol. The molecule has 11 heteroatoms. The number of phenols is 1. The van der Waals surface area contributed by atoms with E-state index in [1.54, 1.807) is 12.1 Å². The molecule has 2 unspecified atom stereocenters. The smallest absolute Gasteiger partial charge is 0.414 e. The maximum absolute atomic E-state index is 13.6. The van der Waals surface area contributed by atoms with Crippen molar-refractivity contribution in [1.29, 1.82) is 0 Å². The summed E-state index contributed by atoms with van der Waals surface area (Å²) in [7, 11) is 3.76. The Morgan fingerprint density at radius 1 is 1.14 bits per heavy atom. The molecule has 3 saturated heterocycles. The Labute approximate surface area is 201 Å². The van der Waals surface area contributed by atoms with E-state index in [-0.39, 0.29) is 41.9 Å². The zero-order valence-corrected chi connectivity index (χ0v) is 19.7. The number of rotatable bonds is 2. The molecule has 3 saturated carbocycles. The molecule has 0 radical (unpaired) electrons. The van der Waals surface area contributed by atoms with Crippen LogP contribution in [0.1, 0.15) is 24.8 Å². The summed E-state index contributed by atoms with van der Waals surface area (Å²) in [5.74, 6) is -1.18. The van der Waals surface area contributed by atoms with Crippen LogP contribution in [0.25, 0.3) is 0 Å². The number of hydrogen-bond donors (Lipinski definition) is 3. The number of aliphatic hydroxyl groups is 2. The number of epoxide rings is 1. The van der Waals surface area contributed by atoms with Gasteiger partial charge >= 0.3 is 12.1 Å². The number of esters is 1. The Morgan fingerprint density at radius 2 is 1.91 bits per heavy atom. The van der Waals surface area contributed by atoms with Crippen LogP contribution in [-0.4, -0.2) is 102 Å². The molecular formula is C24H28N2O9. The third kappa shape index (κ3) is 1.84. The van der Waals surface area contributed by atoms with E-state index in [0.29, 0.717) is 31.5 Å². The number of benzene rings is 1. The van der Waals surface area contributed by atoms with Crippen molar-refractivity contribution in [2.45, 2.75) is 60.2 Å². The van der Waals surface area contributed by atoms with Gasteiger partial charge in [-0.05, 0) is 37.4 Å². The Kier molecular flexibility index (Phi) is 3.84. The molecule has 35 heavy (non-hydrogen) atoms. The van der Waals surface area contributed by atoms with Crippen molar-refractivity contribution >= 4 is 17.7 Å². The predicted octanol–water partition coefficient (Wildman–Crippen LogP) is -0.122. The molecule has 3 spiro atoms. The van der Waals surface area contributed by atoms with Crippen molar-refractivity contribution in [3.05, 3.63) is 17.7 Å². The molecule has 7 aliphatic rings. The van der Waals surface area contributed by atoms with Crippen LogP contribution in [0.5, 0.6) is 11.5 Å². The number of methoxy groups -OCH3 is 3. The number of phenolic OH excluding ortho intramolecular Hbond substituents is 1. The van der Waals surface area contributed by atoms with E-state index in [0.717, 1.165) is 7.11 Å². The van der Waals surface area contributed by atoms with Crippen molar-refractivity contribution in [2.24, 2.45) is 5.41 Å². The first-order chi connectivity index (χ1) is 16.7. The number of hydrogen-bond acceptors (Lipinski definition) is 10. The van der Waals surface area contributed by atoms with E-state index in [9.17, 15) is 24.9 Å². The summed E-state index contributed by atoms with van der Waals surface area (Å²) >= 11 is 0. The van der Waals surface area contributed by atoms with Crippen molar-refractivity contribution in [2.75, 3.05) is 39.3 Å². The van der Waals surface area contributed by atoms with Gasteiger partial charge < -0.3 is 34.3 Å². The lowest BCUT2D eigenvalue weighted by Crippen LogP contribution is -2.92. The minimum atomic E-state index is -2.51. The molecule has 1 aromatic rings. The van der Waals surface area contributed by atoms with Gasteiger partial charge in [-0.25, -0.2) is 9.59 Å². The van der Waals surface area contributed by atoms with Crippen LogP contribution < -0.4 is 9.64 Å². The molecule has 3 N–H and O–H groups in total. The quantitative estimate of drug-likeness (QED) is 0.381. The fourth-order valence-electron chi connectivity index (χ4n) is 9.22. The Hall–Kier alpha value is -2.60. The van der Waals surface area contributed by atoms with Gasteiger partial charge in [-0.3, -0.25) is 9.80 Å². The Balaban J connectivity index is 1.63. The van der Waals surface area contributed by atoms with Crippen molar-refractivity contribution in [3.63, 3.8) is 0 Å². The lowest BCUT2D eigenvalue weighted by atomic mass is 9.36.